The van der Waals surface area contributed by atoms with Gasteiger partial charge in [-0.1, -0.05) is 0 Å². The number of aromatic nitrogens is 3. The molecule has 0 aliphatic rings. The quantitative estimate of drug-likeness (QED) is 0.655. The molecule has 1 aromatic carbocycles. The molecule has 0 saturated carbocycles. The van der Waals surface area contributed by atoms with Gasteiger partial charge < -0.3 is 14.8 Å². The van der Waals surface area contributed by atoms with Gasteiger partial charge in [0.1, 0.15) is 11.5 Å². The summed E-state index contributed by atoms with van der Waals surface area (Å²) in [4.78, 5) is 16.6. The Balaban J connectivity index is 1.61. The fourth-order valence-corrected chi connectivity index (χ4v) is 3.21. The standard InChI is InChI=1S/C18H20N4O3S/c1-24-13-6-7-16(25-2)14(11-13)15-12-26-18(20-15)21-17(23)5-3-9-22-10-4-8-19-22/h4,6-8,10-12H,3,5,9H2,1-2H3,(H,20,21,23). The van der Waals surface area contributed by atoms with Gasteiger partial charge in [-0.05, 0) is 30.7 Å². The van der Waals surface area contributed by atoms with E-state index in [1.807, 2.05) is 40.5 Å². The van der Waals surface area contributed by atoms with Crippen LogP contribution in [0.15, 0.2) is 42.0 Å². The molecule has 0 fully saturated rings. The number of anilines is 1. The number of benzene rings is 1. The highest BCUT2D eigenvalue weighted by Crippen LogP contribution is 2.35. The summed E-state index contributed by atoms with van der Waals surface area (Å²) in [5.74, 6) is 1.36. The van der Waals surface area contributed by atoms with E-state index in [0.29, 0.717) is 23.8 Å². The van der Waals surface area contributed by atoms with Crippen molar-refractivity contribution in [1.82, 2.24) is 14.8 Å². The van der Waals surface area contributed by atoms with Gasteiger partial charge in [-0.25, -0.2) is 4.98 Å². The molecule has 2 heterocycles. The number of thiazole rings is 1. The van der Waals surface area contributed by atoms with Crippen LogP contribution in [-0.2, 0) is 11.3 Å². The van der Waals surface area contributed by atoms with Crippen LogP contribution in [-0.4, -0.2) is 34.9 Å². The Morgan fingerprint density at radius 1 is 1.31 bits per heavy atom. The van der Waals surface area contributed by atoms with E-state index < -0.39 is 0 Å². The number of hydrogen-bond donors (Lipinski definition) is 1. The summed E-state index contributed by atoms with van der Waals surface area (Å²) in [7, 11) is 3.22. The number of rotatable bonds is 8. The van der Waals surface area contributed by atoms with E-state index in [2.05, 4.69) is 15.4 Å². The van der Waals surface area contributed by atoms with Crippen LogP contribution < -0.4 is 14.8 Å². The van der Waals surface area contributed by atoms with Crippen LogP contribution in [0.25, 0.3) is 11.3 Å². The first-order chi connectivity index (χ1) is 12.7. The predicted octanol–water partition coefficient (Wildman–Crippen LogP) is 3.44. The lowest BCUT2D eigenvalue weighted by atomic mass is 10.1. The van der Waals surface area contributed by atoms with Crippen molar-refractivity contribution in [1.29, 1.82) is 0 Å². The molecule has 1 N–H and O–H groups in total. The number of amides is 1. The Kier molecular flexibility index (Phi) is 5.85. The Morgan fingerprint density at radius 2 is 2.19 bits per heavy atom. The third kappa shape index (κ3) is 4.40. The maximum Gasteiger partial charge on any atom is 0.226 e. The lowest BCUT2D eigenvalue weighted by Crippen LogP contribution is -2.12. The molecule has 7 nitrogen and oxygen atoms in total. The van der Waals surface area contributed by atoms with Crippen LogP contribution in [0.1, 0.15) is 12.8 Å². The summed E-state index contributed by atoms with van der Waals surface area (Å²) >= 11 is 1.38. The topological polar surface area (TPSA) is 78.3 Å². The summed E-state index contributed by atoms with van der Waals surface area (Å²) in [6, 6.07) is 7.39. The third-order valence-corrected chi connectivity index (χ3v) is 4.54. The van der Waals surface area contributed by atoms with E-state index in [1.54, 1.807) is 20.4 Å². The number of ether oxygens (including phenoxy) is 2. The number of carbonyl (C=O) groups is 1. The molecule has 0 spiro atoms. The van der Waals surface area contributed by atoms with E-state index in [9.17, 15) is 4.79 Å². The molecule has 0 aliphatic carbocycles. The summed E-state index contributed by atoms with van der Waals surface area (Å²) in [6.45, 7) is 0.713. The minimum absolute atomic E-state index is 0.0596. The molecule has 3 rings (SSSR count). The van der Waals surface area contributed by atoms with Crippen molar-refractivity contribution in [3.8, 4) is 22.8 Å². The second-order valence-electron chi connectivity index (χ2n) is 5.52. The predicted molar refractivity (Wildman–Crippen MR) is 101 cm³/mol. The molecule has 8 heteroatoms. The van der Waals surface area contributed by atoms with E-state index in [0.717, 1.165) is 23.4 Å². The summed E-state index contributed by atoms with van der Waals surface area (Å²) in [5, 5.41) is 9.41. The largest absolute Gasteiger partial charge is 0.497 e. The molecule has 26 heavy (non-hydrogen) atoms. The van der Waals surface area contributed by atoms with Crippen molar-refractivity contribution in [2.75, 3.05) is 19.5 Å². The zero-order valence-corrected chi connectivity index (χ0v) is 15.5. The highest BCUT2D eigenvalue weighted by Gasteiger charge is 2.13. The molecule has 0 bridgehead atoms. The molecule has 0 radical (unpaired) electrons. The first-order valence-corrected chi connectivity index (χ1v) is 9.03. The van der Waals surface area contributed by atoms with E-state index in [1.165, 1.54) is 11.3 Å². The smallest absolute Gasteiger partial charge is 0.226 e. The number of nitrogens with zero attached hydrogens (tertiary/aromatic N) is 3. The van der Waals surface area contributed by atoms with Gasteiger partial charge in [-0.3, -0.25) is 9.48 Å². The van der Waals surface area contributed by atoms with E-state index in [4.69, 9.17) is 9.47 Å². The van der Waals surface area contributed by atoms with Gasteiger partial charge in [0.25, 0.3) is 0 Å². The summed E-state index contributed by atoms with van der Waals surface area (Å²) in [5.41, 5.74) is 1.56. The SMILES string of the molecule is COc1ccc(OC)c(-c2csc(NC(=O)CCCn3cccn3)n2)c1. The van der Waals surface area contributed by atoms with Gasteiger partial charge in [0.05, 0.1) is 19.9 Å². The van der Waals surface area contributed by atoms with Crippen molar-refractivity contribution in [2.24, 2.45) is 0 Å². The zero-order chi connectivity index (χ0) is 18.4. The van der Waals surface area contributed by atoms with Crippen molar-refractivity contribution in [3.05, 3.63) is 42.0 Å². The van der Waals surface area contributed by atoms with Gasteiger partial charge in [0.15, 0.2) is 5.13 Å². The molecular formula is C18H20N4O3S. The van der Waals surface area contributed by atoms with Gasteiger partial charge in [0, 0.05) is 36.3 Å². The molecular weight excluding hydrogens is 352 g/mol. The van der Waals surface area contributed by atoms with Gasteiger partial charge in [-0.2, -0.15) is 5.10 Å². The molecule has 0 saturated heterocycles. The van der Waals surface area contributed by atoms with Gasteiger partial charge in [-0.15, -0.1) is 11.3 Å². The molecule has 3 aromatic rings. The minimum atomic E-state index is -0.0596. The number of carbonyl (C=O) groups excluding carboxylic acids is 1. The monoisotopic (exact) mass is 372 g/mol. The highest BCUT2D eigenvalue weighted by molar-refractivity contribution is 7.14. The first-order valence-electron chi connectivity index (χ1n) is 8.15. The number of aryl methyl sites for hydroxylation is 1. The van der Waals surface area contributed by atoms with Crippen LogP contribution in [0.2, 0.25) is 0 Å². The van der Waals surface area contributed by atoms with E-state index in [-0.39, 0.29) is 5.91 Å². The van der Waals surface area contributed by atoms with Crippen LogP contribution >= 0.6 is 11.3 Å². The summed E-state index contributed by atoms with van der Waals surface area (Å²) in [6.07, 6.45) is 4.74. The van der Waals surface area contributed by atoms with Crippen molar-refractivity contribution < 1.29 is 14.3 Å². The number of nitrogens with one attached hydrogen (secondary N) is 1. The fraction of sp³-hybridized carbons (Fsp3) is 0.278. The zero-order valence-electron chi connectivity index (χ0n) is 14.6. The average Bonchev–Trinajstić information content (AvgIpc) is 3.33. The second-order valence-corrected chi connectivity index (χ2v) is 6.38. The highest BCUT2D eigenvalue weighted by atomic mass is 32.1. The Labute approximate surface area is 155 Å². The maximum atomic E-state index is 12.1. The molecule has 0 atom stereocenters. The average molecular weight is 372 g/mol. The molecule has 1 amide bonds. The Hall–Kier alpha value is -2.87. The molecule has 0 unspecified atom stereocenters. The van der Waals surface area contributed by atoms with Crippen LogP contribution in [0, 0.1) is 0 Å². The van der Waals surface area contributed by atoms with Gasteiger partial charge >= 0.3 is 0 Å². The van der Waals surface area contributed by atoms with Crippen LogP contribution in [0.4, 0.5) is 5.13 Å². The summed E-state index contributed by atoms with van der Waals surface area (Å²) < 4.78 is 12.5. The van der Waals surface area contributed by atoms with Crippen molar-refractivity contribution in [3.63, 3.8) is 0 Å². The van der Waals surface area contributed by atoms with Crippen LogP contribution in [0.3, 0.4) is 0 Å². The molecule has 0 aliphatic heterocycles. The minimum Gasteiger partial charge on any atom is -0.497 e. The number of hydrogen-bond acceptors (Lipinski definition) is 6. The van der Waals surface area contributed by atoms with Gasteiger partial charge in [0.2, 0.25) is 5.91 Å². The molecule has 2 aromatic heterocycles. The second kappa shape index (κ2) is 8.48. The van der Waals surface area contributed by atoms with Crippen LogP contribution in [0.5, 0.6) is 11.5 Å². The lowest BCUT2D eigenvalue weighted by Gasteiger charge is -2.08. The lowest BCUT2D eigenvalue weighted by molar-refractivity contribution is -0.116. The normalized spacial score (nSPS) is 10.5. The Morgan fingerprint density at radius 3 is 2.92 bits per heavy atom. The van der Waals surface area contributed by atoms with Crippen molar-refractivity contribution in [2.45, 2.75) is 19.4 Å². The third-order valence-electron chi connectivity index (χ3n) is 3.78. The van der Waals surface area contributed by atoms with E-state index >= 15 is 0 Å². The fourth-order valence-electron chi connectivity index (χ4n) is 2.49. The van der Waals surface area contributed by atoms with Crippen molar-refractivity contribution >= 4 is 22.4 Å². The maximum absolute atomic E-state index is 12.1. The number of methoxy groups -OCH3 is 2. The first kappa shape index (κ1) is 17.9. The Bertz CT molecular complexity index is 861. The molecule has 136 valence electrons.